The van der Waals surface area contributed by atoms with Crippen LogP contribution in [0.5, 0.6) is 0 Å². The van der Waals surface area contributed by atoms with Gasteiger partial charge in [-0.3, -0.25) is 24.0 Å². The van der Waals surface area contributed by atoms with Gasteiger partial charge in [-0.2, -0.15) is 0 Å². The molecule has 0 aliphatic carbocycles. The number of amides is 1. The predicted octanol–water partition coefficient (Wildman–Crippen LogP) is 17.3. The number of hydrogen-bond acceptors (Lipinski definition) is 12. The summed E-state index contributed by atoms with van der Waals surface area (Å²) in [7, 11) is 3.27. The highest BCUT2D eigenvalue weighted by atomic mass is 79.9. The van der Waals surface area contributed by atoms with Crippen molar-refractivity contribution in [3.05, 3.63) is 82.6 Å². The second kappa shape index (κ2) is 54.1. The van der Waals surface area contributed by atoms with Crippen LogP contribution in [0.3, 0.4) is 0 Å². The second-order valence-electron chi connectivity index (χ2n) is 22.9. The van der Waals surface area contributed by atoms with Gasteiger partial charge >= 0.3 is 17.9 Å². The average Bonchev–Trinajstić information content (AvgIpc) is 3.54. The number of benzene rings is 2. The summed E-state index contributed by atoms with van der Waals surface area (Å²) in [5.41, 5.74) is 6.04. The second-order valence-corrected chi connectivity index (χ2v) is 24.0. The smallest absolute Gasteiger partial charge is 0.329 e. The normalized spacial score (nSPS) is 12.7. The Kier molecular flexibility index (Phi) is 56.9. The molecule has 2 aromatic carbocycles. The lowest BCUT2D eigenvalue weighted by Crippen LogP contribution is -2.47. The molecule has 0 aromatic heterocycles. The van der Waals surface area contributed by atoms with Crippen molar-refractivity contribution in [2.75, 3.05) is 27.3 Å². The van der Waals surface area contributed by atoms with E-state index in [9.17, 15) is 33.6 Å². The van der Waals surface area contributed by atoms with Crippen LogP contribution in [0.25, 0.3) is 0 Å². The van der Waals surface area contributed by atoms with E-state index in [-0.39, 0.29) is 47.8 Å². The quantitative estimate of drug-likeness (QED) is 0.0315. The maximum atomic E-state index is 12.8. The van der Waals surface area contributed by atoms with E-state index in [2.05, 4.69) is 136 Å². The highest BCUT2D eigenvalue weighted by molar-refractivity contribution is 9.08. The number of alkyl halides is 2. The highest BCUT2D eigenvalue weighted by Gasteiger charge is 2.33. The van der Waals surface area contributed by atoms with Gasteiger partial charge in [0.1, 0.15) is 18.7 Å². The Hall–Kier alpha value is -4.37. The van der Waals surface area contributed by atoms with Gasteiger partial charge in [0, 0.05) is 36.9 Å². The van der Waals surface area contributed by atoms with E-state index in [1.165, 1.54) is 47.5 Å². The number of carbonyl (C=O) groups is 7. The van der Waals surface area contributed by atoms with Crippen molar-refractivity contribution < 1.29 is 52.5 Å². The third-order valence-electron chi connectivity index (χ3n) is 12.8. The number of hydrogen-bond donors (Lipinski definition) is 0. The monoisotopic (exact) mass is 1310 g/mol. The summed E-state index contributed by atoms with van der Waals surface area (Å²) in [6, 6.07) is 15.6. The molecule has 0 heterocycles. The maximum Gasteiger partial charge on any atom is 0.329 e. The van der Waals surface area contributed by atoms with Crippen molar-refractivity contribution in [3.8, 4) is 0 Å². The first-order valence-electron chi connectivity index (χ1n) is 30.9. The minimum Gasteiger partial charge on any atom is -0.461 e. The molecule has 0 bridgehead atoms. The largest absolute Gasteiger partial charge is 0.461 e. The molecule has 2 rings (SSSR count). The summed E-state index contributed by atoms with van der Waals surface area (Å²) in [6.45, 7) is 45.7. The van der Waals surface area contributed by atoms with Crippen molar-refractivity contribution in [2.24, 2.45) is 41.4 Å². The van der Waals surface area contributed by atoms with Crippen LogP contribution < -0.4 is 0 Å². The molecule has 1 amide bonds. The Balaban J connectivity index is -0.000000342. The summed E-state index contributed by atoms with van der Waals surface area (Å²) < 4.78 is 20.8. The van der Waals surface area contributed by atoms with E-state index in [1.807, 2.05) is 89.2 Å². The molecule has 2 aromatic rings. The predicted molar refractivity (Wildman–Crippen MR) is 357 cm³/mol. The Morgan fingerprint density at radius 1 is 0.548 bits per heavy atom. The van der Waals surface area contributed by atoms with Crippen LogP contribution in [-0.4, -0.2) is 103 Å². The van der Waals surface area contributed by atoms with Crippen molar-refractivity contribution in [1.82, 2.24) is 9.80 Å². The zero-order valence-electron chi connectivity index (χ0n) is 57.3. The third kappa shape index (κ3) is 45.0. The number of ketones is 2. The topological polar surface area (TPSA) is 163 Å². The summed E-state index contributed by atoms with van der Waals surface area (Å²) in [4.78, 5) is 87.4. The molecule has 6 atom stereocenters. The lowest BCUT2D eigenvalue weighted by atomic mass is 9.85. The van der Waals surface area contributed by atoms with Gasteiger partial charge in [0.15, 0.2) is 30.4 Å². The molecule has 0 radical (unpaired) electrons. The number of esters is 3. The molecule has 6 unspecified atom stereocenters. The molecule has 0 saturated heterocycles. The fraction of sp³-hybridized carbons (Fsp3) is 0.696. The van der Waals surface area contributed by atoms with Gasteiger partial charge in [-0.05, 0) is 120 Å². The number of ether oxygens (including phenoxy) is 4. The summed E-state index contributed by atoms with van der Waals surface area (Å²) in [6.07, 6.45) is 5.89. The number of nitrogens with zero attached hydrogens (tertiary/aromatic N) is 2. The Morgan fingerprint density at radius 2 is 0.940 bits per heavy atom. The maximum absolute atomic E-state index is 12.8. The number of rotatable bonds is 30. The van der Waals surface area contributed by atoms with Crippen molar-refractivity contribution in [2.45, 2.75) is 246 Å². The van der Waals surface area contributed by atoms with Crippen molar-refractivity contribution in [3.63, 3.8) is 0 Å². The van der Waals surface area contributed by atoms with Crippen LogP contribution in [0.4, 0.5) is 0 Å². The first kappa shape index (κ1) is 88.4. The number of halogens is 2. The number of likely N-dealkylation sites (N-methyl/N-ethyl adjacent to an activating group) is 2. The van der Waals surface area contributed by atoms with Gasteiger partial charge in [0.2, 0.25) is 0 Å². The zero-order valence-corrected chi connectivity index (χ0v) is 60.4. The van der Waals surface area contributed by atoms with Crippen LogP contribution in [0.2, 0.25) is 0 Å². The van der Waals surface area contributed by atoms with Gasteiger partial charge < -0.3 is 28.7 Å². The van der Waals surface area contributed by atoms with Gasteiger partial charge in [-0.1, -0.05) is 229 Å². The zero-order chi connectivity index (χ0) is 66.2. The lowest BCUT2D eigenvalue weighted by molar-refractivity contribution is -0.165. The Bertz CT molecular complexity index is 2000. The van der Waals surface area contributed by atoms with Crippen LogP contribution in [0.15, 0.2) is 60.3 Å². The first-order chi connectivity index (χ1) is 39.4. The molecule has 0 saturated carbocycles. The summed E-state index contributed by atoms with van der Waals surface area (Å²) >= 11 is 6.76. The minimum atomic E-state index is -0.856. The van der Waals surface area contributed by atoms with E-state index in [0.29, 0.717) is 44.5 Å². The molecule has 15 heteroatoms. The Labute approximate surface area is 529 Å². The average molecular weight is 1310 g/mol. The Morgan fingerprint density at radius 3 is 1.26 bits per heavy atom. The number of Topliss-reactive ketones (excluding diaryl/α,β-unsaturated/α-hetero) is 2. The molecule has 13 nitrogen and oxygen atoms in total. The standard InChI is InChI=1S/C25H45NO6.C17H29NO5.2C8H9Br.C7H16.2C2H6/c1-10-12-22(27)19(8)32-25(30)21(14-17(5)6)26(9)23(28)15-31-24(29)20(13-16(3)4)18(7)11-2;1-7-8-15(10-22-11-19)18(6)16(9-12(2)3)17(21)23-14(5)13(4)20;2*1-7-2-4-8(6-9)5-3-7;1-6(2)5-7(3)4;2*1-2/h16-21H,10-15H2,1-9H3;8,11-12,14,16H,7,9-10H2,1-6H3;2*2-5H,6H2,1H3;6-7H,5H2,1-4H3;2*1-2H3/b;15-8-;;;;;. The minimum absolute atomic E-state index is 0.0952. The van der Waals surface area contributed by atoms with E-state index >= 15 is 0 Å². The van der Waals surface area contributed by atoms with Gasteiger partial charge in [-0.15, -0.1) is 0 Å². The van der Waals surface area contributed by atoms with Crippen LogP contribution in [-0.2, 0) is 63.2 Å². The molecule has 0 aliphatic heterocycles. The molecular weight excluding hydrogens is 1190 g/mol. The molecule has 0 spiro atoms. The third-order valence-corrected chi connectivity index (χ3v) is 14.0. The summed E-state index contributed by atoms with van der Waals surface area (Å²) in [5.74, 6) is 0.104. The fourth-order valence-electron chi connectivity index (χ4n) is 7.85. The summed E-state index contributed by atoms with van der Waals surface area (Å²) in [5, 5.41) is 1.90. The fourth-order valence-corrected chi connectivity index (χ4v) is 8.60. The number of carbonyl (C=O) groups excluding carboxylic acids is 7. The number of aryl methyl sites for hydroxylation is 2. The number of allylic oxidation sites excluding steroid dienone is 1. The van der Waals surface area contributed by atoms with E-state index in [4.69, 9.17) is 18.9 Å². The molecule has 0 fully saturated rings. The highest BCUT2D eigenvalue weighted by Crippen LogP contribution is 2.25. The lowest BCUT2D eigenvalue weighted by Gasteiger charge is -2.31. The van der Waals surface area contributed by atoms with Gasteiger partial charge in [0.05, 0.1) is 5.92 Å². The molecule has 486 valence electrons. The van der Waals surface area contributed by atoms with Crippen molar-refractivity contribution >= 4 is 73.7 Å². The van der Waals surface area contributed by atoms with E-state index in [0.717, 1.165) is 41.0 Å². The van der Waals surface area contributed by atoms with Gasteiger partial charge in [-0.25, -0.2) is 9.59 Å². The molecular formula is C69H120Br2N2O11. The van der Waals surface area contributed by atoms with Crippen LogP contribution in [0, 0.1) is 55.3 Å². The van der Waals surface area contributed by atoms with Gasteiger partial charge in [0.25, 0.3) is 12.4 Å². The molecule has 0 N–H and O–H groups in total. The van der Waals surface area contributed by atoms with Crippen LogP contribution >= 0.6 is 31.9 Å². The van der Waals surface area contributed by atoms with Crippen molar-refractivity contribution in [1.29, 1.82) is 0 Å². The van der Waals surface area contributed by atoms with E-state index < -0.39 is 48.7 Å². The molecule has 0 aliphatic rings. The molecule has 84 heavy (non-hydrogen) atoms. The first-order valence-corrected chi connectivity index (χ1v) is 33.2. The van der Waals surface area contributed by atoms with Crippen LogP contribution in [0.1, 0.15) is 219 Å². The van der Waals surface area contributed by atoms with E-state index in [1.54, 1.807) is 25.8 Å². The SMILES string of the molecule is CC.CC.CC(C)CC(C)C.CC/C=C(/COC=O)N(C)C(CC(C)C)C(=O)OC(C)C(C)=O.CCCC(=O)C(C)OC(=O)C(CC(C)C)N(C)C(=O)COC(=O)C(CC(C)C)C(C)CC.Cc1ccc(CBr)cc1.Cc1ccc(CBr)cc1.